The van der Waals surface area contributed by atoms with Gasteiger partial charge < -0.3 is 0 Å². The molecule has 0 aliphatic carbocycles. The second-order valence-corrected chi connectivity index (χ2v) is 2.54. The minimum Gasteiger partial charge on any atom is -0.244 e. The van der Waals surface area contributed by atoms with Crippen molar-refractivity contribution in [2.24, 2.45) is 0 Å². The molecule has 0 aromatic carbocycles. The lowest BCUT2D eigenvalue weighted by molar-refractivity contribution is 0.651. The SMILES string of the molecule is N#Cc1ncn(Cc2ncccn2)n1. The second-order valence-electron chi connectivity index (χ2n) is 2.54. The van der Waals surface area contributed by atoms with Crippen molar-refractivity contribution >= 4 is 0 Å². The molecule has 0 fully saturated rings. The molecule has 0 saturated carbocycles. The molecular weight excluding hydrogens is 180 g/mol. The van der Waals surface area contributed by atoms with Crippen molar-refractivity contribution in [2.45, 2.75) is 6.54 Å². The van der Waals surface area contributed by atoms with Crippen LogP contribution in [0.5, 0.6) is 0 Å². The van der Waals surface area contributed by atoms with Crippen LogP contribution in [0.3, 0.4) is 0 Å². The number of nitriles is 1. The van der Waals surface area contributed by atoms with Crippen LogP contribution in [-0.4, -0.2) is 24.7 Å². The summed E-state index contributed by atoms with van der Waals surface area (Å²) in [5.74, 6) is 0.794. The molecule has 2 rings (SSSR count). The highest BCUT2D eigenvalue weighted by Crippen LogP contribution is 1.93. The Hall–Kier alpha value is -2.29. The Morgan fingerprint density at radius 1 is 1.29 bits per heavy atom. The predicted octanol–water partition coefficient (Wildman–Crippen LogP) is -0.0119. The Bertz CT molecular complexity index is 454. The first kappa shape index (κ1) is 8.31. The highest BCUT2D eigenvalue weighted by molar-refractivity contribution is 5.05. The monoisotopic (exact) mass is 186 g/mol. The molecule has 6 nitrogen and oxygen atoms in total. The zero-order valence-electron chi connectivity index (χ0n) is 7.20. The number of aromatic nitrogens is 5. The van der Waals surface area contributed by atoms with Crippen LogP contribution in [0.25, 0.3) is 0 Å². The van der Waals surface area contributed by atoms with E-state index in [9.17, 15) is 0 Å². The summed E-state index contributed by atoms with van der Waals surface area (Å²) < 4.78 is 1.52. The maximum absolute atomic E-state index is 8.50. The standard InChI is InChI=1S/C8H6N6/c9-4-7-12-6-14(13-7)5-8-10-2-1-3-11-8/h1-3,6H,5H2. The normalized spacial score (nSPS) is 9.64. The molecule has 2 aromatic heterocycles. The molecule has 0 aliphatic rings. The lowest BCUT2D eigenvalue weighted by Gasteiger charge is -1.96. The maximum atomic E-state index is 8.50. The van der Waals surface area contributed by atoms with Crippen molar-refractivity contribution in [3.05, 3.63) is 36.4 Å². The van der Waals surface area contributed by atoms with Gasteiger partial charge in [-0.25, -0.2) is 19.6 Å². The van der Waals surface area contributed by atoms with E-state index in [1.165, 1.54) is 11.0 Å². The summed E-state index contributed by atoms with van der Waals surface area (Å²) in [6.45, 7) is 0.426. The lowest BCUT2D eigenvalue weighted by atomic mass is 10.5. The van der Waals surface area contributed by atoms with Gasteiger partial charge in [-0.15, -0.1) is 5.10 Å². The average molecular weight is 186 g/mol. The largest absolute Gasteiger partial charge is 0.252 e. The van der Waals surface area contributed by atoms with Gasteiger partial charge in [0.25, 0.3) is 5.82 Å². The van der Waals surface area contributed by atoms with Crippen LogP contribution in [0.4, 0.5) is 0 Å². The van der Waals surface area contributed by atoms with Crippen LogP contribution in [-0.2, 0) is 6.54 Å². The van der Waals surface area contributed by atoms with Crippen molar-refractivity contribution in [1.82, 2.24) is 24.7 Å². The van der Waals surface area contributed by atoms with Gasteiger partial charge in [0.15, 0.2) is 0 Å². The minimum absolute atomic E-state index is 0.154. The number of hydrogen-bond donors (Lipinski definition) is 0. The van der Waals surface area contributed by atoms with Crippen molar-refractivity contribution in [2.75, 3.05) is 0 Å². The molecule has 14 heavy (non-hydrogen) atoms. The number of hydrogen-bond acceptors (Lipinski definition) is 5. The van der Waals surface area contributed by atoms with Gasteiger partial charge in [0.2, 0.25) is 0 Å². The van der Waals surface area contributed by atoms with Gasteiger partial charge in [-0.3, -0.25) is 0 Å². The van der Waals surface area contributed by atoms with E-state index in [1.54, 1.807) is 18.5 Å². The third-order valence-electron chi connectivity index (χ3n) is 1.56. The molecule has 0 amide bonds. The van der Waals surface area contributed by atoms with E-state index in [0.29, 0.717) is 12.4 Å². The topological polar surface area (TPSA) is 80.3 Å². The molecule has 2 heterocycles. The van der Waals surface area contributed by atoms with E-state index in [1.807, 2.05) is 6.07 Å². The average Bonchev–Trinajstić information content (AvgIpc) is 2.67. The van der Waals surface area contributed by atoms with E-state index in [2.05, 4.69) is 20.1 Å². The Labute approximate surface area is 79.9 Å². The maximum Gasteiger partial charge on any atom is 0.252 e. The number of rotatable bonds is 2. The fourth-order valence-corrected chi connectivity index (χ4v) is 0.979. The van der Waals surface area contributed by atoms with E-state index >= 15 is 0 Å². The highest BCUT2D eigenvalue weighted by Gasteiger charge is 2.00. The molecule has 0 bridgehead atoms. The molecule has 0 spiro atoms. The summed E-state index contributed by atoms with van der Waals surface area (Å²) in [5.41, 5.74) is 0. The fraction of sp³-hybridized carbons (Fsp3) is 0.125. The van der Waals surface area contributed by atoms with Gasteiger partial charge in [0, 0.05) is 12.4 Å². The predicted molar refractivity (Wildman–Crippen MR) is 45.9 cm³/mol. The van der Waals surface area contributed by atoms with E-state index in [0.717, 1.165) is 0 Å². The lowest BCUT2D eigenvalue weighted by Crippen LogP contribution is -2.04. The van der Waals surface area contributed by atoms with E-state index in [-0.39, 0.29) is 5.82 Å². The third kappa shape index (κ3) is 1.72. The Morgan fingerprint density at radius 2 is 2.07 bits per heavy atom. The number of nitrogens with zero attached hydrogens (tertiary/aromatic N) is 6. The van der Waals surface area contributed by atoms with Gasteiger partial charge in [-0.05, 0) is 6.07 Å². The van der Waals surface area contributed by atoms with Crippen molar-refractivity contribution < 1.29 is 0 Å². The molecule has 68 valence electrons. The van der Waals surface area contributed by atoms with Crippen LogP contribution in [0.15, 0.2) is 24.8 Å². The summed E-state index contributed by atoms with van der Waals surface area (Å²) in [4.78, 5) is 11.8. The first-order valence-electron chi connectivity index (χ1n) is 3.94. The Kier molecular flexibility index (Phi) is 2.15. The van der Waals surface area contributed by atoms with Crippen LogP contribution < -0.4 is 0 Å². The zero-order valence-corrected chi connectivity index (χ0v) is 7.20. The molecule has 0 aliphatic heterocycles. The van der Waals surface area contributed by atoms with Gasteiger partial charge >= 0.3 is 0 Å². The molecule has 2 aromatic rings. The molecule has 0 N–H and O–H groups in total. The minimum atomic E-state index is 0.154. The first-order chi connectivity index (χ1) is 6.88. The molecule has 0 unspecified atom stereocenters. The summed E-state index contributed by atoms with van der Waals surface area (Å²) in [6.07, 6.45) is 4.80. The smallest absolute Gasteiger partial charge is 0.244 e. The van der Waals surface area contributed by atoms with Gasteiger partial charge in [0.1, 0.15) is 24.8 Å². The van der Waals surface area contributed by atoms with Crippen LogP contribution in [0, 0.1) is 11.3 Å². The summed E-state index contributed by atoms with van der Waals surface area (Å²) in [6, 6.07) is 3.59. The van der Waals surface area contributed by atoms with Crippen molar-refractivity contribution in [3.8, 4) is 6.07 Å². The van der Waals surface area contributed by atoms with Crippen molar-refractivity contribution in [1.29, 1.82) is 5.26 Å². The zero-order chi connectivity index (χ0) is 9.80. The highest BCUT2D eigenvalue weighted by atomic mass is 15.3. The second kappa shape index (κ2) is 3.62. The van der Waals surface area contributed by atoms with Gasteiger partial charge in [-0.2, -0.15) is 5.26 Å². The molecule has 6 heteroatoms. The van der Waals surface area contributed by atoms with Crippen LogP contribution in [0.1, 0.15) is 11.6 Å². The van der Waals surface area contributed by atoms with Crippen molar-refractivity contribution in [3.63, 3.8) is 0 Å². The molecule has 0 radical (unpaired) electrons. The summed E-state index contributed by atoms with van der Waals surface area (Å²) >= 11 is 0. The Balaban J connectivity index is 2.16. The van der Waals surface area contributed by atoms with Gasteiger partial charge in [0.05, 0.1) is 0 Å². The summed E-state index contributed by atoms with van der Waals surface area (Å²) in [5, 5.41) is 12.4. The van der Waals surface area contributed by atoms with Crippen LogP contribution in [0.2, 0.25) is 0 Å². The Morgan fingerprint density at radius 3 is 2.71 bits per heavy atom. The quantitative estimate of drug-likeness (QED) is 0.658. The first-order valence-corrected chi connectivity index (χ1v) is 3.94. The third-order valence-corrected chi connectivity index (χ3v) is 1.56. The van der Waals surface area contributed by atoms with Crippen LogP contribution >= 0.6 is 0 Å². The molecular formula is C8H6N6. The van der Waals surface area contributed by atoms with E-state index in [4.69, 9.17) is 5.26 Å². The fourth-order valence-electron chi connectivity index (χ4n) is 0.979. The summed E-state index contributed by atoms with van der Waals surface area (Å²) in [7, 11) is 0. The van der Waals surface area contributed by atoms with Gasteiger partial charge in [-0.1, -0.05) is 0 Å². The molecule has 0 saturated heterocycles. The van der Waals surface area contributed by atoms with E-state index < -0.39 is 0 Å². The molecule has 0 atom stereocenters.